The van der Waals surface area contributed by atoms with Gasteiger partial charge in [-0.1, -0.05) is 12.1 Å². The molecule has 0 fully saturated rings. The van der Waals surface area contributed by atoms with Crippen LogP contribution in [0, 0.1) is 6.92 Å². The third-order valence-corrected chi connectivity index (χ3v) is 2.94. The highest BCUT2D eigenvalue weighted by Gasteiger charge is 2.09. The van der Waals surface area contributed by atoms with Gasteiger partial charge in [-0.05, 0) is 48.4 Å². The summed E-state index contributed by atoms with van der Waals surface area (Å²) < 4.78 is 5.21. The smallest absolute Gasteiger partial charge is 0.338 e. The fourth-order valence-electron chi connectivity index (χ4n) is 1.93. The van der Waals surface area contributed by atoms with Gasteiger partial charge in [-0.25, -0.2) is 4.79 Å². The van der Waals surface area contributed by atoms with Gasteiger partial charge in [-0.3, -0.25) is 4.79 Å². The van der Waals surface area contributed by atoms with Crippen molar-refractivity contribution in [2.24, 2.45) is 5.73 Å². The zero-order chi connectivity index (χ0) is 15.4. The molecule has 0 unspecified atom stereocenters. The van der Waals surface area contributed by atoms with Gasteiger partial charge in [0, 0.05) is 11.3 Å². The Morgan fingerprint density at radius 3 is 2.29 bits per heavy atom. The first-order valence-corrected chi connectivity index (χ1v) is 6.39. The van der Waals surface area contributed by atoms with Crippen molar-refractivity contribution in [3.63, 3.8) is 0 Å². The topological polar surface area (TPSA) is 95.4 Å². The number of aryl methyl sites for hydroxylation is 1. The summed E-state index contributed by atoms with van der Waals surface area (Å²) in [4.78, 5) is 22.9. The fraction of sp³-hybridized carbons (Fsp3) is 0.125. The Morgan fingerprint density at radius 2 is 1.71 bits per heavy atom. The van der Waals surface area contributed by atoms with Gasteiger partial charge in [0.15, 0.2) is 0 Å². The number of nitrogens with two attached hydrogens (primary N) is 2. The molecule has 0 aromatic heterocycles. The van der Waals surface area contributed by atoms with Gasteiger partial charge < -0.3 is 16.2 Å². The summed E-state index contributed by atoms with van der Waals surface area (Å²) in [6, 6.07) is 11.6. The molecule has 5 nitrogen and oxygen atoms in total. The van der Waals surface area contributed by atoms with Crippen molar-refractivity contribution in [2.45, 2.75) is 13.5 Å². The van der Waals surface area contributed by atoms with Crippen LogP contribution in [0.5, 0.6) is 0 Å². The molecule has 0 aliphatic rings. The highest BCUT2D eigenvalue weighted by molar-refractivity contribution is 5.92. The lowest BCUT2D eigenvalue weighted by Gasteiger charge is -2.07. The number of amides is 1. The van der Waals surface area contributed by atoms with E-state index < -0.39 is 11.9 Å². The largest absolute Gasteiger partial charge is 0.457 e. The lowest BCUT2D eigenvalue weighted by Crippen LogP contribution is -2.11. The molecule has 2 rings (SSSR count). The number of carbonyl (C=O) groups excluding carboxylic acids is 2. The van der Waals surface area contributed by atoms with Crippen molar-refractivity contribution < 1.29 is 14.3 Å². The van der Waals surface area contributed by atoms with E-state index in [0.717, 1.165) is 11.1 Å². The molecule has 0 atom stereocenters. The number of hydrogen-bond acceptors (Lipinski definition) is 4. The van der Waals surface area contributed by atoms with Crippen molar-refractivity contribution in [2.75, 3.05) is 5.73 Å². The zero-order valence-electron chi connectivity index (χ0n) is 11.6. The maximum Gasteiger partial charge on any atom is 0.338 e. The third-order valence-electron chi connectivity index (χ3n) is 2.94. The minimum atomic E-state index is -0.492. The second-order valence-corrected chi connectivity index (χ2v) is 4.77. The van der Waals surface area contributed by atoms with Gasteiger partial charge in [-0.2, -0.15) is 0 Å². The van der Waals surface area contributed by atoms with E-state index in [1.54, 1.807) is 42.5 Å². The maximum atomic E-state index is 11.9. The van der Waals surface area contributed by atoms with E-state index in [1.165, 1.54) is 0 Å². The van der Waals surface area contributed by atoms with Crippen LogP contribution < -0.4 is 11.5 Å². The molecule has 2 aromatic carbocycles. The quantitative estimate of drug-likeness (QED) is 0.663. The SMILES string of the molecule is Cc1cc(N)cc(C(=O)OCc2ccc(C(N)=O)cc2)c1. The molecule has 0 heterocycles. The van der Waals surface area contributed by atoms with Crippen LogP contribution in [0.15, 0.2) is 42.5 Å². The number of rotatable bonds is 4. The minimum Gasteiger partial charge on any atom is -0.457 e. The normalized spacial score (nSPS) is 10.1. The summed E-state index contributed by atoms with van der Waals surface area (Å²) in [5, 5.41) is 0. The molecule has 0 bridgehead atoms. The molecule has 4 N–H and O–H groups in total. The number of benzene rings is 2. The van der Waals surface area contributed by atoms with Crippen LogP contribution in [0.2, 0.25) is 0 Å². The van der Waals surface area contributed by atoms with Crippen LogP contribution in [0.3, 0.4) is 0 Å². The molecule has 2 aromatic rings. The number of primary amides is 1. The summed E-state index contributed by atoms with van der Waals surface area (Å²) >= 11 is 0. The summed E-state index contributed by atoms with van der Waals surface area (Å²) in [5.41, 5.74) is 13.9. The Hall–Kier alpha value is -2.82. The van der Waals surface area contributed by atoms with Gasteiger partial charge in [0.25, 0.3) is 0 Å². The predicted molar refractivity (Wildman–Crippen MR) is 79.7 cm³/mol. The van der Waals surface area contributed by atoms with Crippen molar-refractivity contribution in [1.29, 1.82) is 0 Å². The van der Waals surface area contributed by atoms with Gasteiger partial charge in [0.2, 0.25) is 5.91 Å². The minimum absolute atomic E-state index is 0.117. The van der Waals surface area contributed by atoms with Gasteiger partial charge in [-0.15, -0.1) is 0 Å². The van der Waals surface area contributed by atoms with Crippen LogP contribution in [-0.4, -0.2) is 11.9 Å². The Labute approximate surface area is 122 Å². The molecule has 1 amide bonds. The monoisotopic (exact) mass is 284 g/mol. The van der Waals surface area contributed by atoms with Crippen molar-refractivity contribution in [3.05, 3.63) is 64.7 Å². The summed E-state index contributed by atoms with van der Waals surface area (Å²) in [7, 11) is 0. The molecule has 21 heavy (non-hydrogen) atoms. The first-order chi connectivity index (χ1) is 9.95. The molecule has 108 valence electrons. The molecule has 5 heteroatoms. The van der Waals surface area contributed by atoms with E-state index in [0.29, 0.717) is 16.8 Å². The third kappa shape index (κ3) is 3.82. The van der Waals surface area contributed by atoms with Crippen molar-refractivity contribution in [1.82, 2.24) is 0 Å². The zero-order valence-corrected chi connectivity index (χ0v) is 11.6. The van der Waals surface area contributed by atoms with Crippen LogP contribution in [0.1, 0.15) is 31.8 Å². The average molecular weight is 284 g/mol. The standard InChI is InChI=1S/C16H16N2O3/c1-10-6-13(8-14(17)7-10)16(20)21-9-11-2-4-12(5-3-11)15(18)19/h2-8H,9,17H2,1H3,(H2,18,19). The van der Waals surface area contributed by atoms with Gasteiger partial charge in [0.1, 0.15) is 6.61 Å². The molecular weight excluding hydrogens is 268 g/mol. The van der Waals surface area contributed by atoms with Crippen molar-refractivity contribution in [3.8, 4) is 0 Å². The highest BCUT2D eigenvalue weighted by atomic mass is 16.5. The fourth-order valence-corrected chi connectivity index (χ4v) is 1.93. The second-order valence-electron chi connectivity index (χ2n) is 4.77. The summed E-state index contributed by atoms with van der Waals surface area (Å²) in [6.07, 6.45) is 0. The van der Waals surface area contributed by atoms with E-state index >= 15 is 0 Å². The molecule has 0 saturated carbocycles. The Bertz CT molecular complexity index is 658. The van der Waals surface area contributed by atoms with E-state index in [1.807, 2.05) is 6.92 Å². The first-order valence-electron chi connectivity index (χ1n) is 6.39. The molecular formula is C16H16N2O3. The number of anilines is 1. The van der Waals surface area contributed by atoms with Crippen molar-refractivity contribution >= 4 is 17.6 Å². The average Bonchev–Trinajstić information content (AvgIpc) is 2.44. The molecule has 0 aliphatic carbocycles. The van der Waals surface area contributed by atoms with Crippen LogP contribution in [0.4, 0.5) is 5.69 Å². The molecule has 0 radical (unpaired) electrons. The van der Waals surface area contributed by atoms with Crippen LogP contribution >= 0.6 is 0 Å². The second kappa shape index (κ2) is 6.09. The molecule has 0 aliphatic heterocycles. The number of carbonyl (C=O) groups is 2. The van der Waals surface area contributed by atoms with Gasteiger partial charge in [0.05, 0.1) is 5.56 Å². The van der Waals surface area contributed by atoms with Crippen LogP contribution in [0.25, 0.3) is 0 Å². The number of nitrogen functional groups attached to an aromatic ring is 1. The number of esters is 1. The van der Waals surface area contributed by atoms with Crippen LogP contribution in [-0.2, 0) is 11.3 Å². The summed E-state index contributed by atoms with van der Waals surface area (Å²) in [5.74, 6) is -0.932. The lowest BCUT2D eigenvalue weighted by molar-refractivity contribution is 0.0472. The Kier molecular flexibility index (Phi) is 4.23. The number of ether oxygens (including phenoxy) is 1. The molecule has 0 spiro atoms. The Balaban J connectivity index is 2.02. The van der Waals surface area contributed by atoms with E-state index in [2.05, 4.69) is 0 Å². The lowest BCUT2D eigenvalue weighted by atomic mass is 10.1. The highest BCUT2D eigenvalue weighted by Crippen LogP contribution is 2.13. The molecule has 0 saturated heterocycles. The summed E-state index contributed by atoms with van der Waals surface area (Å²) in [6.45, 7) is 1.97. The van der Waals surface area contributed by atoms with Gasteiger partial charge >= 0.3 is 5.97 Å². The maximum absolute atomic E-state index is 11.9. The van der Waals surface area contributed by atoms with E-state index in [9.17, 15) is 9.59 Å². The number of hydrogen-bond donors (Lipinski definition) is 2. The van der Waals surface area contributed by atoms with E-state index in [4.69, 9.17) is 16.2 Å². The first kappa shape index (κ1) is 14.6. The predicted octanol–water partition coefficient (Wildman–Crippen LogP) is 2.03. The Morgan fingerprint density at radius 1 is 1.05 bits per heavy atom. The van der Waals surface area contributed by atoms with E-state index in [-0.39, 0.29) is 6.61 Å².